The molecule has 0 unspecified atom stereocenters. The molecular weight excluding hydrogens is 361 g/mol. The van der Waals surface area contributed by atoms with Crippen molar-refractivity contribution >= 4 is 23.4 Å². The van der Waals surface area contributed by atoms with Gasteiger partial charge in [0.15, 0.2) is 0 Å². The van der Waals surface area contributed by atoms with Crippen LogP contribution in [0, 0.1) is 5.82 Å². The summed E-state index contributed by atoms with van der Waals surface area (Å²) < 4.78 is 15.1. The molecule has 1 aromatic carbocycles. The van der Waals surface area contributed by atoms with Crippen LogP contribution in [0.2, 0.25) is 0 Å². The van der Waals surface area contributed by atoms with Gasteiger partial charge in [-0.05, 0) is 31.0 Å². The van der Waals surface area contributed by atoms with Gasteiger partial charge in [0.05, 0.1) is 18.4 Å². The molecule has 9 heteroatoms. The number of anilines is 3. The minimum absolute atomic E-state index is 0.174. The van der Waals surface area contributed by atoms with Crippen LogP contribution in [0.5, 0.6) is 0 Å². The highest BCUT2D eigenvalue weighted by atomic mass is 19.1. The van der Waals surface area contributed by atoms with E-state index in [1.807, 2.05) is 4.68 Å². The third kappa shape index (κ3) is 4.08. The summed E-state index contributed by atoms with van der Waals surface area (Å²) in [6.07, 6.45) is 8.52. The van der Waals surface area contributed by atoms with Gasteiger partial charge in [-0.15, -0.1) is 0 Å². The van der Waals surface area contributed by atoms with E-state index < -0.39 is 11.8 Å². The predicted molar refractivity (Wildman–Crippen MR) is 104 cm³/mol. The van der Waals surface area contributed by atoms with Crippen LogP contribution in [0.3, 0.4) is 0 Å². The number of hydrogen-bond donors (Lipinski definition) is 2. The number of aromatic nitrogens is 4. The van der Waals surface area contributed by atoms with Crippen molar-refractivity contribution in [1.82, 2.24) is 19.7 Å². The van der Waals surface area contributed by atoms with E-state index in [2.05, 4.69) is 30.6 Å². The molecule has 144 valence electrons. The lowest BCUT2D eigenvalue weighted by atomic mass is 10.1. The summed E-state index contributed by atoms with van der Waals surface area (Å²) in [6, 6.07) is 7.24. The van der Waals surface area contributed by atoms with Crippen molar-refractivity contribution in [2.45, 2.75) is 18.9 Å². The third-order valence-corrected chi connectivity index (χ3v) is 4.68. The summed E-state index contributed by atoms with van der Waals surface area (Å²) in [5, 5.41) is 9.80. The van der Waals surface area contributed by atoms with E-state index in [0.29, 0.717) is 11.5 Å². The van der Waals surface area contributed by atoms with E-state index >= 15 is 0 Å². The van der Waals surface area contributed by atoms with Crippen molar-refractivity contribution < 1.29 is 9.18 Å². The smallest absolute Gasteiger partial charge is 0.324 e. The second-order valence-corrected chi connectivity index (χ2v) is 6.53. The highest BCUT2D eigenvalue weighted by Crippen LogP contribution is 2.27. The Labute approximate surface area is 161 Å². The largest absolute Gasteiger partial charge is 0.355 e. The van der Waals surface area contributed by atoms with Crippen LogP contribution in [0.1, 0.15) is 18.9 Å². The van der Waals surface area contributed by atoms with Crippen LogP contribution in [0.25, 0.3) is 0 Å². The topological polar surface area (TPSA) is 88.0 Å². The fourth-order valence-electron chi connectivity index (χ4n) is 3.34. The Hall–Kier alpha value is -3.49. The molecule has 3 aromatic rings. The highest BCUT2D eigenvalue weighted by Gasteiger charge is 2.24. The zero-order valence-corrected chi connectivity index (χ0v) is 15.1. The molecule has 0 saturated carbocycles. The number of carbonyl (C=O) groups is 1. The molecule has 2 aromatic heterocycles. The molecule has 1 saturated heterocycles. The van der Waals surface area contributed by atoms with Gasteiger partial charge in [-0.1, -0.05) is 6.07 Å². The monoisotopic (exact) mass is 381 g/mol. The number of piperidine rings is 1. The Morgan fingerprint density at radius 2 is 1.96 bits per heavy atom. The number of urea groups is 1. The number of rotatable bonds is 4. The zero-order valence-electron chi connectivity index (χ0n) is 15.1. The molecule has 8 nitrogen and oxygen atoms in total. The van der Waals surface area contributed by atoms with Gasteiger partial charge in [0.2, 0.25) is 0 Å². The summed E-state index contributed by atoms with van der Waals surface area (Å²) in [4.78, 5) is 22.9. The van der Waals surface area contributed by atoms with E-state index in [1.54, 1.807) is 43.0 Å². The molecule has 0 bridgehead atoms. The van der Waals surface area contributed by atoms with Gasteiger partial charge in [-0.3, -0.25) is 10.3 Å². The minimum atomic E-state index is -0.440. The van der Waals surface area contributed by atoms with Crippen molar-refractivity contribution in [2.75, 3.05) is 28.6 Å². The number of benzene rings is 1. The summed E-state index contributed by atoms with van der Waals surface area (Å²) in [6.45, 7) is 1.66. The van der Waals surface area contributed by atoms with E-state index in [4.69, 9.17) is 0 Å². The maximum absolute atomic E-state index is 13.3. The van der Waals surface area contributed by atoms with Gasteiger partial charge in [0.1, 0.15) is 17.5 Å². The SMILES string of the molecule is O=C(Nc1cccc(F)c1)Nc1ccnn1C1CCN(c2cnccn2)CC1. The van der Waals surface area contributed by atoms with Gasteiger partial charge in [-0.2, -0.15) is 5.10 Å². The molecule has 0 aliphatic carbocycles. The molecule has 1 aliphatic rings. The molecule has 1 aliphatic heterocycles. The van der Waals surface area contributed by atoms with E-state index in [9.17, 15) is 9.18 Å². The van der Waals surface area contributed by atoms with Crippen LogP contribution in [-0.4, -0.2) is 38.9 Å². The number of nitrogens with one attached hydrogen (secondary N) is 2. The lowest BCUT2D eigenvalue weighted by molar-refractivity contribution is 0.261. The summed E-state index contributed by atoms with van der Waals surface area (Å²) in [5.74, 6) is 1.07. The van der Waals surface area contributed by atoms with Gasteiger partial charge in [0, 0.05) is 37.2 Å². The molecule has 3 heterocycles. The molecule has 28 heavy (non-hydrogen) atoms. The standard InChI is InChI=1S/C19H20FN7O/c20-14-2-1-3-15(12-14)24-19(28)25-17-4-7-23-27(17)16-5-10-26(11-6-16)18-13-21-8-9-22-18/h1-4,7-9,12-13,16H,5-6,10-11H2,(H2,24,25,28). The van der Waals surface area contributed by atoms with Gasteiger partial charge in [-0.25, -0.2) is 18.9 Å². The fourth-order valence-corrected chi connectivity index (χ4v) is 3.34. The molecule has 0 atom stereocenters. The quantitative estimate of drug-likeness (QED) is 0.724. The second kappa shape index (κ2) is 8.03. The predicted octanol–water partition coefficient (Wildman–Crippen LogP) is 3.30. The van der Waals surface area contributed by atoms with Gasteiger partial charge >= 0.3 is 6.03 Å². The Kier molecular flexibility index (Phi) is 5.14. The molecule has 0 radical (unpaired) electrons. The van der Waals surface area contributed by atoms with Crippen molar-refractivity contribution in [3.8, 4) is 0 Å². The van der Waals surface area contributed by atoms with Gasteiger partial charge in [0.25, 0.3) is 0 Å². The van der Waals surface area contributed by atoms with Crippen molar-refractivity contribution in [2.24, 2.45) is 0 Å². The highest BCUT2D eigenvalue weighted by molar-refractivity contribution is 5.99. The average molecular weight is 381 g/mol. The summed E-state index contributed by atoms with van der Waals surface area (Å²) >= 11 is 0. The van der Waals surface area contributed by atoms with Crippen LogP contribution in [0.15, 0.2) is 55.1 Å². The van der Waals surface area contributed by atoms with Crippen LogP contribution >= 0.6 is 0 Å². The Morgan fingerprint density at radius 3 is 2.71 bits per heavy atom. The van der Waals surface area contributed by atoms with Crippen LogP contribution < -0.4 is 15.5 Å². The van der Waals surface area contributed by atoms with Crippen molar-refractivity contribution in [1.29, 1.82) is 0 Å². The number of carbonyl (C=O) groups excluding carboxylic acids is 1. The molecule has 1 fully saturated rings. The lowest BCUT2D eigenvalue weighted by Gasteiger charge is -2.33. The first-order chi connectivity index (χ1) is 13.7. The first-order valence-corrected chi connectivity index (χ1v) is 9.07. The maximum Gasteiger partial charge on any atom is 0.324 e. The second-order valence-electron chi connectivity index (χ2n) is 6.53. The molecule has 0 spiro atoms. The third-order valence-electron chi connectivity index (χ3n) is 4.68. The first-order valence-electron chi connectivity index (χ1n) is 9.07. The van der Waals surface area contributed by atoms with E-state index in [1.165, 1.54) is 12.1 Å². The summed E-state index contributed by atoms with van der Waals surface area (Å²) in [5.41, 5.74) is 0.390. The number of amides is 2. The average Bonchev–Trinajstić information content (AvgIpc) is 3.17. The number of hydrogen-bond acceptors (Lipinski definition) is 5. The van der Waals surface area contributed by atoms with Crippen molar-refractivity contribution in [3.05, 3.63) is 60.9 Å². The zero-order chi connectivity index (χ0) is 19.3. The van der Waals surface area contributed by atoms with Crippen LogP contribution in [0.4, 0.5) is 26.5 Å². The van der Waals surface area contributed by atoms with Crippen LogP contribution in [-0.2, 0) is 0 Å². The first kappa shape index (κ1) is 17.9. The minimum Gasteiger partial charge on any atom is -0.355 e. The van der Waals surface area contributed by atoms with E-state index in [0.717, 1.165) is 31.7 Å². The van der Waals surface area contributed by atoms with E-state index in [-0.39, 0.29) is 6.04 Å². The molecular formula is C19H20FN7O. The molecule has 2 N–H and O–H groups in total. The maximum atomic E-state index is 13.3. The number of halogens is 1. The van der Waals surface area contributed by atoms with Gasteiger partial charge < -0.3 is 10.2 Å². The summed E-state index contributed by atoms with van der Waals surface area (Å²) in [7, 11) is 0. The normalized spacial score (nSPS) is 14.7. The number of nitrogens with zero attached hydrogens (tertiary/aromatic N) is 5. The Morgan fingerprint density at radius 1 is 1.11 bits per heavy atom. The molecule has 2 amide bonds. The lowest BCUT2D eigenvalue weighted by Crippen LogP contribution is -2.36. The van der Waals surface area contributed by atoms with Crippen molar-refractivity contribution in [3.63, 3.8) is 0 Å². The molecule has 4 rings (SSSR count). The Balaban J connectivity index is 1.37. The fraction of sp³-hybridized carbons (Fsp3) is 0.263. The Bertz CT molecular complexity index is 938.